The van der Waals surface area contributed by atoms with Crippen LogP contribution in [-0.4, -0.2) is 33.9 Å². The topological polar surface area (TPSA) is 118 Å². The fraction of sp³-hybridized carbons (Fsp3) is 0.333. The number of piperidine rings is 1. The zero-order chi connectivity index (χ0) is 16.4. The summed E-state index contributed by atoms with van der Waals surface area (Å²) in [6.45, 7) is 1.46. The lowest BCUT2D eigenvalue weighted by molar-refractivity contribution is -0.384. The average Bonchev–Trinajstić information content (AvgIpc) is 3.09. The number of rotatable bonds is 4. The number of aromatic nitrogens is 2. The lowest BCUT2D eigenvalue weighted by atomic mass is 9.96. The minimum Gasteiger partial charge on any atom is -0.370 e. The van der Waals surface area contributed by atoms with Crippen molar-refractivity contribution in [3.63, 3.8) is 0 Å². The van der Waals surface area contributed by atoms with Crippen molar-refractivity contribution in [3.05, 3.63) is 52.1 Å². The van der Waals surface area contributed by atoms with Crippen molar-refractivity contribution in [2.45, 2.75) is 18.8 Å². The van der Waals surface area contributed by atoms with Crippen molar-refractivity contribution in [2.24, 2.45) is 5.73 Å². The van der Waals surface area contributed by atoms with Gasteiger partial charge in [0, 0.05) is 43.5 Å². The van der Waals surface area contributed by atoms with Gasteiger partial charge in [0.2, 0.25) is 0 Å². The molecular weight excluding hydrogens is 298 g/mol. The van der Waals surface area contributed by atoms with Gasteiger partial charge in [-0.15, -0.1) is 0 Å². The third kappa shape index (κ3) is 3.01. The molecule has 2 aromatic rings. The number of aromatic amines is 1. The second-order valence-electron chi connectivity index (χ2n) is 5.58. The van der Waals surface area contributed by atoms with Gasteiger partial charge in [0.1, 0.15) is 5.82 Å². The first kappa shape index (κ1) is 15.0. The standard InChI is InChI=1S/C15H17N5O3/c16-14(21)12-8-11(20(22)23)3-4-13(12)19-7-1-2-10(9-19)15-17-5-6-18-15/h3-6,8,10H,1-2,7,9H2,(H2,16,21)(H,17,18). The maximum Gasteiger partial charge on any atom is 0.270 e. The van der Waals surface area contributed by atoms with Crippen LogP contribution in [-0.2, 0) is 0 Å². The fourth-order valence-electron chi connectivity index (χ4n) is 3.03. The Hall–Kier alpha value is -2.90. The highest BCUT2D eigenvalue weighted by Gasteiger charge is 2.26. The Labute approximate surface area is 132 Å². The zero-order valence-electron chi connectivity index (χ0n) is 12.4. The maximum absolute atomic E-state index is 11.7. The molecule has 0 spiro atoms. The molecule has 1 saturated heterocycles. The molecule has 0 aliphatic carbocycles. The summed E-state index contributed by atoms with van der Waals surface area (Å²) in [5, 5.41) is 10.9. The molecule has 8 nitrogen and oxygen atoms in total. The number of hydrogen-bond donors (Lipinski definition) is 2. The van der Waals surface area contributed by atoms with Gasteiger partial charge < -0.3 is 15.6 Å². The summed E-state index contributed by atoms with van der Waals surface area (Å²) in [5.41, 5.74) is 6.09. The summed E-state index contributed by atoms with van der Waals surface area (Å²) in [6.07, 6.45) is 5.45. The number of carbonyl (C=O) groups excluding carboxylic acids is 1. The molecule has 0 saturated carbocycles. The number of nitrogens with one attached hydrogen (secondary N) is 1. The van der Waals surface area contributed by atoms with Gasteiger partial charge in [-0.05, 0) is 18.9 Å². The first-order valence-electron chi connectivity index (χ1n) is 7.38. The van der Waals surface area contributed by atoms with Gasteiger partial charge in [-0.1, -0.05) is 0 Å². The lowest BCUT2D eigenvalue weighted by Crippen LogP contribution is -2.36. The van der Waals surface area contributed by atoms with Crippen LogP contribution in [0, 0.1) is 10.1 Å². The quantitative estimate of drug-likeness (QED) is 0.658. The van der Waals surface area contributed by atoms with Gasteiger partial charge in [-0.25, -0.2) is 4.98 Å². The number of nitro benzene ring substituents is 1. The molecule has 1 aliphatic rings. The van der Waals surface area contributed by atoms with Crippen LogP contribution in [0.3, 0.4) is 0 Å². The largest absolute Gasteiger partial charge is 0.370 e. The molecule has 1 aromatic carbocycles. The van der Waals surface area contributed by atoms with Crippen molar-refractivity contribution >= 4 is 17.3 Å². The third-order valence-electron chi connectivity index (χ3n) is 4.12. The van der Waals surface area contributed by atoms with Crippen molar-refractivity contribution in [2.75, 3.05) is 18.0 Å². The molecule has 3 rings (SSSR count). The van der Waals surface area contributed by atoms with Gasteiger partial charge in [0.15, 0.2) is 0 Å². The minimum absolute atomic E-state index is 0.137. The lowest BCUT2D eigenvalue weighted by Gasteiger charge is -2.34. The molecule has 0 bridgehead atoms. The summed E-state index contributed by atoms with van der Waals surface area (Å²) < 4.78 is 0. The number of H-pyrrole nitrogens is 1. The maximum atomic E-state index is 11.7. The van der Waals surface area contributed by atoms with Crippen molar-refractivity contribution in [1.82, 2.24) is 9.97 Å². The fourth-order valence-corrected chi connectivity index (χ4v) is 3.03. The van der Waals surface area contributed by atoms with Gasteiger partial charge in [-0.3, -0.25) is 14.9 Å². The van der Waals surface area contributed by atoms with E-state index in [1.54, 1.807) is 18.5 Å². The zero-order valence-corrected chi connectivity index (χ0v) is 12.4. The molecule has 2 heterocycles. The third-order valence-corrected chi connectivity index (χ3v) is 4.12. The van der Waals surface area contributed by atoms with E-state index in [-0.39, 0.29) is 17.2 Å². The highest BCUT2D eigenvalue weighted by Crippen LogP contribution is 2.31. The number of anilines is 1. The van der Waals surface area contributed by atoms with E-state index in [2.05, 4.69) is 9.97 Å². The van der Waals surface area contributed by atoms with E-state index in [4.69, 9.17) is 5.73 Å². The van der Waals surface area contributed by atoms with E-state index >= 15 is 0 Å². The monoisotopic (exact) mass is 315 g/mol. The Kier molecular flexibility index (Phi) is 3.96. The molecule has 1 fully saturated rings. The Bertz CT molecular complexity index is 729. The molecule has 1 unspecified atom stereocenters. The number of nitrogens with zero attached hydrogens (tertiary/aromatic N) is 3. The number of nitrogens with two attached hydrogens (primary N) is 1. The molecule has 1 aromatic heterocycles. The van der Waals surface area contributed by atoms with Crippen LogP contribution in [0.25, 0.3) is 0 Å². The first-order chi connectivity index (χ1) is 11.1. The molecular formula is C15H17N5O3. The van der Waals surface area contributed by atoms with E-state index in [1.165, 1.54) is 12.1 Å². The second-order valence-corrected chi connectivity index (χ2v) is 5.58. The Balaban J connectivity index is 1.91. The molecule has 23 heavy (non-hydrogen) atoms. The normalized spacial score (nSPS) is 17.9. The van der Waals surface area contributed by atoms with Crippen LogP contribution in [0.4, 0.5) is 11.4 Å². The minimum atomic E-state index is -0.663. The Morgan fingerprint density at radius 3 is 2.96 bits per heavy atom. The predicted molar refractivity (Wildman–Crippen MR) is 84.4 cm³/mol. The van der Waals surface area contributed by atoms with Crippen molar-refractivity contribution in [1.29, 1.82) is 0 Å². The number of imidazole rings is 1. The van der Waals surface area contributed by atoms with Crippen LogP contribution in [0.1, 0.15) is 34.9 Å². The average molecular weight is 315 g/mol. The molecule has 1 amide bonds. The van der Waals surface area contributed by atoms with Gasteiger partial charge in [-0.2, -0.15) is 0 Å². The molecule has 8 heteroatoms. The summed E-state index contributed by atoms with van der Waals surface area (Å²) in [7, 11) is 0. The summed E-state index contributed by atoms with van der Waals surface area (Å²) in [5.74, 6) is 0.482. The molecule has 3 N–H and O–H groups in total. The number of nitro groups is 1. The van der Waals surface area contributed by atoms with E-state index in [0.29, 0.717) is 12.2 Å². The van der Waals surface area contributed by atoms with Gasteiger partial charge in [0.25, 0.3) is 11.6 Å². The van der Waals surface area contributed by atoms with E-state index in [0.717, 1.165) is 25.2 Å². The van der Waals surface area contributed by atoms with Gasteiger partial charge >= 0.3 is 0 Å². The SMILES string of the molecule is NC(=O)c1cc([N+](=O)[O-])ccc1N1CCCC(c2ncc[nH]2)C1. The number of benzene rings is 1. The number of carbonyl (C=O) groups is 1. The van der Waals surface area contributed by atoms with Crippen LogP contribution >= 0.6 is 0 Å². The highest BCUT2D eigenvalue weighted by atomic mass is 16.6. The molecule has 0 radical (unpaired) electrons. The predicted octanol–water partition coefficient (Wildman–Crippen LogP) is 1.80. The summed E-state index contributed by atoms with van der Waals surface area (Å²) in [4.78, 5) is 31.5. The van der Waals surface area contributed by atoms with Crippen molar-refractivity contribution in [3.8, 4) is 0 Å². The Morgan fingerprint density at radius 2 is 2.30 bits per heavy atom. The highest BCUT2D eigenvalue weighted by molar-refractivity contribution is 5.99. The van der Waals surface area contributed by atoms with Crippen LogP contribution in [0.15, 0.2) is 30.6 Å². The van der Waals surface area contributed by atoms with E-state index in [9.17, 15) is 14.9 Å². The van der Waals surface area contributed by atoms with E-state index < -0.39 is 10.8 Å². The van der Waals surface area contributed by atoms with Crippen LogP contribution in [0.5, 0.6) is 0 Å². The second kappa shape index (κ2) is 6.07. The van der Waals surface area contributed by atoms with Crippen molar-refractivity contribution < 1.29 is 9.72 Å². The molecule has 1 atom stereocenters. The number of primary amides is 1. The van der Waals surface area contributed by atoms with Crippen LogP contribution < -0.4 is 10.6 Å². The summed E-state index contributed by atoms with van der Waals surface area (Å²) >= 11 is 0. The van der Waals surface area contributed by atoms with Crippen LogP contribution in [0.2, 0.25) is 0 Å². The molecule has 120 valence electrons. The smallest absolute Gasteiger partial charge is 0.270 e. The Morgan fingerprint density at radius 1 is 1.48 bits per heavy atom. The first-order valence-corrected chi connectivity index (χ1v) is 7.38. The number of hydrogen-bond acceptors (Lipinski definition) is 5. The molecule has 1 aliphatic heterocycles. The van der Waals surface area contributed by atoms with Gasteiger partial charge in [0.05, 0.1) is 16.2 Å². The number of amides is 1. The summed E-state index contributed by atoms with van der Waals surface area (Å²) in [6, 6.07) is 4.25. The van der Waals surface area contributed by atoms with E-state index in [1.807, 2.05) is 4.90 Å². The number of non-ortho nitro benzene ring substituents is 1.